The van der Waals surface area contributed by atoms with Gasteiger partial charge >= 0.3 is 5.91 Å². The SMILES string of the molecule is CC(=O)c1c(C)oc2c1C(=O)N(c1ccccc1)C2=O. The van der Waals surface area contributed by atoms with E-state index in [0.717, 1.165) is 4.90 Å². The van der Waals surface area contributed by atoms with Crippen molar-refractivity contribution in [3.63, 3.8) is 0 Å². The fourth-order valence-electron chi connectivity index (χ4n) is 2.44. The first-order chi connectivity index (χ1) is 9.52. The molecule has 1 aromatic heterocycles. The summed E-state index contributed by atoms with van der Waals surface area (Å²) < 4.78 is 5.32. The largest absolute Gasteiger partial charge is 0.455 e. The molecular formula is C15H11NO4. The Bertz CT molecular complexity index is 743. The molecule has 0 N–H and O–H groups in total. The molecule has 1 aromatic carbocycles. The van der Waals surface area contributed by atoms with Crippen molar-refractivity contribution in [1.29, 1.82) is 0 Å². The summed E-state index contributed by atoms with van der Waals surface area (Å²) in [5, 5.41) is 0. The number of Topliss-reactive ketones (excluding diaryl/α,β-unsaturated/α-hetero) is 1. The summed E-state index contributed by atoms with van der Waals surface area (Å²) in [5.74, 6) is -1.09. The van der Waals surface area contributed by atoms with E-state index in [0.29, 0.717) is 11.4 Å². The number of rotatable bonds is 2. The molecule has 0 fully saturated rings. The minimum Gasteiger partial charge on any atom is -0.455 e. The van der Waals surface area contributed by atoms with Crippen LogP contribution in [-0.2, 0) is 0 Å². The summed E-state index contributed by atoms with van der Waals surface area (Å²) in [4.78, 5) is 37.4. The number of para-hydroxylation sites is 1. The average Bonchev–Trinajstić information content (AvgIpc) is 2.87. The van der Waals surface area contributed by atoms with Crippen LogP contribution in [0.4, 0.5) is 5.69 Å². The van der Waals surface area contributed by atoms with Gasteiger partial charge in [0.1, 0.15) is 11.3 Å². The van der Waals surface area contributed by atoms with Crippen molar-refractivity contribution in [2.24, 2.45) is 0 Å². The highest BCUT2D eigenvalue weighted by molar-refractivity contribution is 6.35. The number of nitrogens with zero attached hydrogens (tertiary/aromatic N) is 1. The fourth-order valence-corrected chi connectivity index (χ4v) is 2.44. The summed E-state index contributed by atoms with van der Waals surface area (Å²) in [6, 6.07) is 8.56. The second kappa shape index (κ2) is 4.16. The van der Waals surface area contributed by atoms with Crippen LogP contribution in [0.5, 0.6) is 0 Å². The maximum Gasteiger partial charge on any atom is 0.301 e. The first-order valence-corrected chi connectivity index (χ1v) is 6.10. The zero-order valence-electron chi connectivity index (χ0n) is 11.0. The topological polar surface area (TPSA) is 67.6 Å². The Kier molecular flexibility index (Phi) is 2.57. The van der Waals surface area contributed by atoms with Gasteiger partial charge in [-0.1, -0.05) is 18.2 Å². The number of hydrogen-bond donors (Lipinski definition) is 0. The van der Waals surface area contributed by atoms with Crippen LogP contribution in [-0.4, -0.2) is 17.6 Å². The van der Waals surface area contributed by atoms with Gasteiger partial charge < -0.3 is 4.42 Å². The lowest BCUT2D eigenvalue weighted by Gasteiger charge is -2.13. The van der Waals surface area contributed by atoms with Gasteiger partial charge in [-0.15, -0.1) is 0 Å². The van der Waals surface area contributed by atoms with Gasteiger partial charge in [0.25, 0.3) is 5.91 Å². The number of aryl methyl sites for hydroxylation is 1. The third kappa shape index (κ3) is 1.53. The second-order valence-corrected chi connectivity index (χ2v) is 4.57. The number of imide groups is 1. The maximum atomic E-state index is 12.4. The predicted octanol–water partition coefficient (Wildman–Crippen LogP) is 2.59. The molecule has 2 aromatic rings. The van der Waals surface area contributed by atoms with Crippen LogP contribution < -0.4 is 4.90 Å². The molecule has 5 heteroatoms. The van der Waals surface area contributed by atoms with E-state index in [2.05, 4.69) is 0 Å². The normalized spacial score (nSPS) is 13.8. The monoisotopic (exact) mass is 269 g/mol. The molecule has 0 unspecified atom stereocenters. The predicted molar refractivity (Wildman–Crippen MR) is 71.0 cm³/mol. The molecule has 20 heavy (non-hydrogen) atoms. The molecular weight excluding hydrogens is 258 g/mol. The Balaban J connectivity index is 2.17. The summed E-state index contributed by atoms with van der Waals surface area (Å²) in [5.41, 5.74) is 0.724. The van der Waals surface area contributed by atoms with Gasteiger partial charge in [0, 0.05) is 0 Å². The van der Waals surface area contributed by atoms with Crippen molar-refractivity contribution in [1.82, 2.24) is 0 Å². The van der Waals surface area contributed by atoms with Gasteiger partial charge in [0.05, 0.1) is 11.3 Å². The van der Waals surface area contributed by atoms with Crippen LogP contribution in [0.1, 0.15) is 44.0 Å². The third-order valence-electron chi connectivity index (χ3n) is 3.27. The molecule has 1 aliphatic heterocycles. The minimum atomic E-state index is -0.535. The molecule has 0 saturated heterocycles. The highest BCUT2D eigenvalue weighted by atomic mass is 16.4. The first kappa shape index (κ1) is 12.3. The second-order valence-electron chi connectivity index (χ2n) is 4.57. The van der Waals surface area contributed by atoms with Gasteiger partial charge in [-0.05, 0) is 26.0 Å². The Morgan fingerprint density at radius 3 is 2.35 bits per heavy atom. The van der Waals surface area contributed by atoms with Crippen LogP contribution in [0.3, 0.4) is 0 Å². The number of carbonyl (C=O) groups is 3. The van der Waals surface area contributed by atoms with Crippen molar-refractivity contribution < 1.29 is 18.8 Å². The third-order valence-corrected chi connectivity index (χ3v) is 3.27. The minimum absolute atomic E-state index is 0.0541. The molecule has 100 valence electrons. The number of furan rings is 1. The van der Waals surface area contributed by atoms with E-state index in [-0.39, 0.29) is 22.7 Å². The van der Waals surface area contributed by atoms with Crippen LogP contribution in [0, 0.1) is 6.92 Å². The molecule has 0 bridgehead atoms. The van der Waals surface area contributed by atoms with Crippen molar-refractivity contribution in [2.45, 2.75) is 13.8 Å². The molecule has 0 spiro atoms. The lowest BCUT2D eigenvalue weighted by molar-refractivity contribution is 0.0906. The number of fused-ring (bicyclic) bond motifs is 1. The van der Waals surface area contributed by atoms with E-state index >= 15 is 0 Å². The van der Waals surface area contributed by atoms with Crippen LogP contribution in [0.25, 0.3) is 0 Å². The Morgan fingerprint density at radius 1 is 1.10 bits per heavy atom. The summed E-state index contributed by atoms with van der Waals surface area (Å²) >= 11 is 0. The van der Waals surface area contributed by atoms with Crippen molar-refractivity contribution in [3.05, 3.63) is 53.0 Å². The van der Waals surface area contributed by atoms with Crippen molar-refractivity contribution >= 4 is 23.3 Å². The Morgan fingerprint density at radius 2 is 1.75 bits per heavy atom. The Hall–Kier alpha value is -2.69. The van der Waals surface area contributed by atoms with Gasteiger partial charge in [-0.2, -0.15) is 0 Å². The molecule has 2 amide bonds. The maximum absolute atomic E-state index is 12.4. The molecule has 0 atom stereocenters. The number of carbonyl (C=O) groups excluding carboxylic acids is 3. The number of amides is 2. The van der Waals surface area contributed by atoms with E-state index in [1.165, 1.54) is 6.92 Å². The average molecular weight is 269 g/mol. The lowest BCUT2D eigenvalue weighted by atomic mass is 10.1. The highest BCUT2D eigenvalue weighted by Gasteiger charge is 2.43. The van der Waals surface area contributed by atoms with Gasteiger partial charge in [-0.25, -0.2) is 4.90 Å². The molecule has 2 heterocycles. The number of hydrogen-bond acceptors (Lipinski definition) is 4. The summed E-state index contributed by atoms with van der Waals surface area (Å²) in [6.07, 6.45) is 0. The van der Waals surface area contributed by atoms with E-state index in [4.69, 9.17) is 4.42 Å². The number of benzene rings is 1. The molecule has 0 aliphatic carbocycles. The van der Waals surface area contributed by atoms with E-state index in [1.807, 2.05) is 0 Å². The standard InChI is InChI=1S/C15H11NO4/c1-8(17)11-9(2)20-13-12(11)14(18)16(15(13)19)10-6-4-3-5-7-10/h3-7H,1-2H3. The zero-order valence-corrected chi connectivity index (χ0v) is 11.0. The molecule has 1 aliphatic rings. The summed E-state index contributed by atoms with van der Waals surface area (Å²) in [7, 11) is 0. The van der Waals surface area contributed by atoms with Crippen LogP contribution in [0.15, 0.2) is 34.7 Å². The molecule has 5 nitrogen and oxygen atoms in total. The van der Waals surface area contributed by atoms with Gasteiger partial charge in [0.15, 0.2) is 5.78 Å². The van der Waals surface area contributed by atoms with Crippen molar-refractivity contribution in [3.8, 4) is 0 Å². The highest BCUT2D eigenvalue weighted by Crippen LogP contribution is 2.33. The van der Waals surface area contributed by atoms with E-state index < -0.39 is 11.8 Å². The molecule has 0 saturated carbocycles. The van der Waals surface area contributed by atoms with Gasteiger partial charge in [0.2, 0.25) is 5.76 Å². The summed E-state index contributed by atoms with van der Waals surface area (Å²) in [6.45, 7) is 2.92. The Labute approximate surface area is 114 Å². The van der Waals surface area contributed by atoms with E-state index in [1.54, 1.807) is 37.3 Å². The number of ketones is 1. The quantitative estimate of drug-likeness (QED) is 0.620. The smallest absolute Gasteiger partial charge is 0.301 e. The first-order valence-electron chi connectivity index (χ1n) is 6.10. The van der Waals surface area contributed by atoms with Crippen molar-refractivity contribution in [2.75, 3.05) is 4.90 Å². The van der Waals surface area contributed by atoms with E-state index in [9.17, 15) is 14.4 Å². The fraction of sp³-hybridized carbons (Fsp3) is 0.133. The lowest BCUT2D eigenvalue weighted by Crippen LogP contribution is -2.30. The van der Waals surface area contributed by atoms with Crippen LogP contribution >= 0.6 is 0 Å². The molecule has 0 radical (unpaired) electrons. The van der Waals surface area contributed by atoms with Crippen LogP contribution in [0.2, 0.25) is 0 Å². The zero-order chi connectivity index (χ0) is 14.4. The molecule has 3 rings (SSSR count). The number of anilines is 1. The van der Waals surface area contributed by atoms with Gasteiger partial charge in [-0.3, -0.25) is 14.4 Å².